The van der Waals surface area contributed by atoms with E-state index in [0.717, 1.165) is 5.56 Å². The maximum Gasteiger partial charge on any atom is 0.147 e. The largest absolute Gasteiger partial charge is 0.398 e. The number of anilines is 1. The molecule has 1 heterocycles. The molecule has 2 rings (SSSR count). The van der Waals surface area contributed by atoms with Crippen molar-refractivity contribution < 1.29 is 0 Å². The third-order valence-electron chi connectivity index (χ3n) is 2.41. The molecule has 0 radical (unpaired) electrons. The zero-order valence-electron chi connectivity index (χ0n) is 9.77. The first-order valence-corrected chi connectivity index (χ1v) is 6.11. The number of halogens is 2. The van der Waals surface area contributed by atoms with Gasteiger partial charge in [-0.25, -0.2) is 4.98 Å². The summed E-state index contributed by atoms with van der Waals surface area (Å²) in [6.45, 7) is 0. The third-order valence-corrected chi connectivity index (χ3v) is 3.10. The van der Waals surface area contributed by atoms with Crippen molar-refractivity contribution in [2.75, 3.05) is 5.73 Å². The molecular formula is C13H10Cl2N4. The molecule has 19 heavy (non-hydrogen) atoms. The molecule has 0 saturated carbocycles. The molecule has 0 saturated heterocycles. The van der Waals surface area contributed by atoms with Crippen LogP contribution in [0, 0.1) is 5.41 Å². The van der Waals surface area contributed by atoms with Gasteiger partial charge < -0.3 is 11.1 Å². The van der Waals surface area contributed by atoms with E-state index in [9.17, 15) is 0 Å². The van der Waals surface area contributed by atoms with E-state index in [1.165, 1.54) is 12.4 Å². The Morgan fingerprint density at radius 3 is 2.74 bits per heavy atom. The number of nitrogens with zero attached hydrogens (tertiary/aromatic N) is 2. The molecule has 2 aromatic rings. The van der Waals surface area contributed by atoms with Gasteiger partial charge in [0.2, 0.25) is 0 Å². The summed E-state index contributed by atoms with van der Waals surface area (Å²) in [6, 6.07) is 6.95. The number of nitrogens with two attached hydrogens (primary N) is 1. The molecule has 0 aliphatic heterocycles. The van der Waals surface area contributed by atoms with E-state index in [0.29, 0.717) is 22.0 Å². The molecule has 0 amide bonds. The Labute approximate surface area is 120 Å². The van der Waals surface area contributed by atoms with E-state index in [1.54, 1.807) is 24.4 Å². The van der Waals surface area contributed by atoms with Crippen molar-refractivity contribution in [3.05, 3.63) is 51.8 Å². The monoisotopic (exact) mass is 292 g/mol. The van der Waals surface area contributed by atoms with E-state index in [4.69, 9.17) is 34.3 Å². The van der Waals surface area contributed by atoms with Crippen molar-refractivity contribution >= 4 is 47.0 Å². The highest BCUT2D eigenvalue weighted by Gasteiger charge is 2.00. The van der Waals surface area contributed by atoms with E-state index in [-0.39, 0.29) is 5.15 Å². The minimum atomic E-state index is 0.249. The molecule has 96 valence electrons. The number of aromatic nitrogens is 1. The smallest absolute Gasteiger partial charge is 0.147 e. The third kappa shape index (κ3) is 3.30. The minimum absolute atomic E-state index is 0.249. The van der Waals surface area contributed by atoms with E-state index < -0.39 is 0 Å². The first-order chi connectivity index (χ1) is 9.10. The van der Waals surface area contributed by atoms with Crippen LogP contribution in [0.3, 0.4) is 0 Å². The highest BCUT2D eigenvalue weighted by Crippen LogP contribution is 2.23. The van der Waals surface area contributed by atoms with Gasteiger partial charge in [0.05, 0.1) is 16.9 Å². The lowest BCUT2D eigenvalue weighted by molar-refractivity contribution is 1.31. The van der Waals surface area contributed by atoms with Crippen molar-refractivity contribution in [3.63, 3.8) is 0 Å². The summed E-state index contributed by atoms with van der Waals surface area (Å²) in [5.41, 5.74) is 8.35. The molecule has 4 nitrogen and oxygen atoms in total. The van der Waals surface area contributed by atoms with Gasteiger partial charge in [-0.3, -0.25) is 4.99 Å². The van der Waals surface area contributed by atoms with Gasteiger partial charge in [0.1, 0.15) is 5.15 Å². The normalized spacial score (nSPS) is 10.8. The molecule has 1 aromatic carbocycles. The molecule has 0 unspecified atom stereocenters. The summed E-state index contributed by atoms with van der Waals surface area (Å²) in [6.07, 6.45) is 4.38. The molecule has 0 atom stereocenters. The van der Waals surface area contributed by atoms with Gasteiger partial charge in [0.15, 0.2) is 0 Å². The van der Waals surface area contributed by atoms with Gasteiger partial charge >= 0.3 is 0 Å². The van der Waals surface area contributed by atoms with Crippen molar-refractivity contribution in [3.8, 4) is 0 Å². The fourth-order valence-corrected chi connectivity index (χ4v) is 1.69. The summed E-state index contributed by atoms with van der Waals surface area (Å²) in [5, 5.41) is 7.84. The highest BCUT2D eigenvalue weighted by molar-refractivity contribution is 6.41. The summed E-state index contributed by atoms with van der Waals surface area (Å²) in [5.74, 6) is 0. The highest BCUT2D eigenvalue weighted by atomic mass is 35.5. The van der Waals surface area contributed by atoms with Crippen LogP contribution >= 0.6 is 23.2 Å². The van der Waals surface area contributed by atoms with Gasteiger partial charge in [0.25, 0.3) is 0 Å². The Morgan fingerprint density at radius 2 is 2.05 bits per heavy atom. The summed E-state index contributed by atoms with van der Waals surface area (Å²) < 4.78 is 0. The van der Waals surface area contributed by atoms with Gasteiger partial charge in [-0.15, -0.1) is 0 Å². The zero-order chi connectivity index (χ0) is 13.8. The molecular weight excluding hydrogens is 283 g/mol. The Morgan fingerprint density at radius 1 is 1.26 bits per heavy atom. The van der Waals surface area contributed by atoms with Gasteiger partial charge in [-0.05, 0) is 23.8 Å². The topological polar surface area (TPSA) is 75.1 Å². The van der Waals surface area contributed by atoms with Crippen molar-refractivity contribution in [2.45, 2.75) is 0 Å². The van der Waals surface area contributed by atoms with Crippen LogP contribution < -0.4 is 5.73 Å². The van der Waals surface area contributed by atoms with Crippen LogP contribution in [0.5, 0.6) is 0 Å². The van der Waals surface area contributed by atoms with Crippen LogP contribution in [0.2, 0.25) is 10.2 Å². The molecule has 3 N–H and O–H groups in total. The predicted molar refractivity (Wildman–Crippen MR) is 80.3 cm³/mol. The van der Waals surface area contributed by atoms with Crippen LogP contribution in [0.15, 0.2) is 35.5 Å². The Kier molecular flexibility index (Phi) is 4.14. The number of aliphatic imine (C=N–C) groups is 1. The minimum Gasteiger partial charge on any atom is -0.398 e. The Hall–Kier alpha value is -1.91. The first-order valence-electron chi connectivity index (χ1n) is 5.35. The van der Waals surface area contributed by atoms with Gasteiger partial charge in [0, 0.05) is 23.7 Å². The second-order valence-electron chi connectivity index (χ2n) is 3.76. The second-order valence-corrected chi connectivity index (χ2v) is 4.52. The fourth-order valence-electron chi connectivity index (χ4n) is 1.43. The second kappa shape index (κ2) is 5.82. The number of nitrogen functional groups attached to an aromatic ring is 1. The molecule has 1 aromatic heterocycles. The number of hydrogen-bond acceptors (Lipinski definition) is 4. The van der Waals surface area contributed by atoms with E-state index in [1.807, 2.05) is 6.07 Å². The van der Waals surface area contributed by atoms with E-state index >= 15 is 0 Å². The quantitative estimate of drug-likeness (QED) is 0.514. The average Bonchev–Trinajstić information content (AvgIpc) is 2.41. The molecule has 6 heteroatoms. The average molecular weight is 293 g/mol. The van der Waals surface area contributed by atoms with Crippen molar-refractivity contribution in [2.24, 2.45) is 4.99 Å². The lowest BCUT2D eigenvalue weighted by atomic mass is 10.1. The molecule has 0 spiro atoms. The Balaban J connectivity index is 2.27. The number of hydrogen-bond donors (Lipinski definition) is 2. The van der Waals surface area contributed by atoms with Gasteiger partial charge in [-0.2, -0.15) is 0 Å². The predicted octanol–water partition coefficient (Wildman–Crippen LogP) is 3.72. The van der Waals surface area contributed by atoms with Crippen LogP contribution in [-0.4, -0.2) is 17.4 Å². The molecule has 0 aliphatic carbocycles. The van der Waals surface area contributed by atoms with Crippen molar-refractivity contribution in [1.29, 1.82) is 5.41 Å². The Bertz CT molecular complexity index is 653. The maximum atomic E-state index is 7.24. The van der Waals surface area contributed by atoms with Crippen LogP contribution in [-0.2, 0) is 0 Å². The van der Waals surface area contributed by atoms with Gasteiger partial charge in [-0.1, -0.05) is 29.3 Å². The maximum absolute atomic E-state index is 7.24. The van der Waals surface area contributed by atoms with Crippen LogP contribution in [0.4, 0.5) is 11.4 Å². The zero-order valence-corrected chi connectivity index (χ0v) is 11.3. The number of rotatable bonds is 3. The molecule has 0 bridgehead atoms. The molecule has 0 fully saturated rings. The van der Waals surface area contributed by atoms with Crippen molar-refractivity contribution in [1.82, 2.24) is 4.98 Å². The number of pyridine rings is 1. The summed E-state index contributed by atoms with van der Waals surface area (Å²) in [7, 11) is 0. The first kappa shape index (κ1) is 13.5. The summed E-state index contributed by atoms with van der Waals surface area (Å²) >= 11 is 11.6. The molecule has 0 aliphatic rings. The SMILES string of the molecule is N=Cc1cc(C=Nc2cnc(Cl)c(Cl)c2)ccc1N. The van der Waals surface area contributed by atoms with Crippen LogP contribution in [0.25, 0.3) is 0 Å². The van der Waals surface area contributed by atoms with E-state index in [2.05, 4.69) is 9.98 Å². The lowest BCUT2D eigenvalue weighted by Crippen LogP contribution is -1.94. The van der Waals surface area contributed by atoms with Crippen LogP contribution in [0.1, 0.15) is 11.1 Å². The lowest BCUT2D eigenvalue weighted by Gasteiger charge is -2.01. The number of benzene rings is 1. The fraction of sp³-hybridized carbons (Fsp3) is 0. The summed E-state index contributed by atoms with van der Waals surface area (Å²) in [4.78, 5) is 8.14. The standard InChI is InChI=1S/C13H10Cl2N4/c14-11-4-10(7-19-13(11)15)18-6-8-1-2-12(17)9(3-8)5-16/h1-7,16H,17H2. The number of nitrogens with one attached hydrogen (secondary N) is 1.